The molecular weight excluding hydrogens is 336 g/mol. The highest BCUT2D eigenvalue weighted by Crippen LogP contribution is 2.35. The van der Waals surface area contributed by atoms with Crippen molar-refractivity contribution in [2.45, 2.75) is 45.2 Å². The molecule has 0 spiro atoms. The second-order valence-electron chi connectivity index (χ2n) is 7.83. The van der Waals surface area contributed by atoms with Crippen molar-refractivity contribution < 1.29 is 9.21 Å². The van der Waals surface area contributed by atoms with Gasteiger partial charge in [0, 0.05) is 17.5 Å². The number of piperidine rings is 3. The van der Waals surface area contributed by atoms with Gasteiger partial charge in [-0.1, -0.05) is 42.0 Å². The number of hydrogen-bond donors (Lipinski definition) is 1. The molecule has 1 N–H and O–H groups in total. The molecule has 2 atom stereocenters. The molecule has 3 saturated heterocycles. The largest absolute Gasteiger partial charge is 0.451 e. The summed E-state index contributed by atoms with van der Waals surface area (Å²) in [5, 5.41) is 4.29. The molecule has 1 aromatic carbocycles. The second-order valence-corrected chi connectivity index (χ2v) is 7.83. The number of fused-ring (bicyclic) bond motifs is 4. The summed E-state index contributed by atoms with van der Waals surface area (Å²) in [6.07, 6.45) is 9.65. The van der Waals surface area contributed by atoms with Crippen LogP contribution in [0.2, 0.25) is 0 Å². The molecule has 0 saturated carbocycles. The molecular formula is C23H28N2O2. The van der Waals surface area contributed by atoms with Crippen LogP contribution in [-0.2, 0) is 0 Å². The van der Waals surface area contributed by atoms with E-state index >= 15 is 0 Å². The van der Waals surface area contributed by atoms with E-state index in [9.17, 15) is 4.79 Å². The Morgan fingerprint density at radius 1 is 1.30 bits per heavy atom. The lowest BCUT2D eigenvalue weighted by molar-refractivity contribution is 0.0132. The normalized spacial score (nSPS) is 28.1. The minimum atomic E-state index is -0.0926. The Hall–Kier alpha value is -2.33. The summed E-state index contributed by atoms with van der Waals surface area (Å²) in [6, 6.07) is 10.2. The first-order chi connectivity index (χ1) is 13.2. The van der Waals surface area contributed by atoms with E-state index in [1.54, 1.807) is 0 Å². The molecule has 2 bridgehead atoms. The average Bonchev–Trinajstić information content (AvgIpc) is 3.13. The lowest BCUT2D eigenvalue weighted by atomic mass is 9.76. The number of para-hydroxylation sites is 1. The van der Waals surface area contributed by atoms with Gasteiger partial charge in [-0.3, -0.25) is 9.69 Å². The zero-order valence-corrected chi connectivity index (χ0v) is 16.2. The van der Waals surface area contributed by atoms with E-state index in [-0.39, 0.29) is 11.9 Å². The van der Waals surface area contributed by atoms with Gasteiger partial charge in [-0.2, -0.15) is 0 Å². The van der Waals surface area contributed by atoms with E-state index in [4.69, 9.17) is 4.42 Å². The van der Waals surface area contributed by atoms with Crippen molar-refractivity contribution in [2.24, 2.45) is 5.92 Å². The number of furan rings is 1. The van der Waals surface area contributed by atoms with Crippen LogP contribution in [0.3, 0.4) is 0 Å². The van der Waals surface area contributed by atoms with Crippen LogP contribution in [0, 0.1) is 5.92 Å². The first kappa shape index (κ1) is 18.1. The van der Waals surface area contributed by atoms with E-state index in [2.05, 4.69) is 35.4 Å². The summed E-state index contributed by atoms with van der Waals surface area (Å²) in [5.41, 5.74) is 2.12. The van der Waals surface area contributed by atoms with Gasteiger partial charge in [-0.25, -0.2) is 0 Å². The lowest BCUT2D eigenvalue weighted by Crippen LogP contribution is -2.63. The van der Waals surface area contributed by atoms with Crippen molar-refractivity contribution in [1.29, 1.82) is 0 Å². The number of allylic oxidation sites excluding steroid dienone is 3. The maximum atomic E-state index is 12.9. The van der Waals surface area contributed by atoms with Crippen molar-refractivity contribution in [3.05, 3.63) is 59.9 Å². The van der Waals surface area contributed by atoms with Crippen LogP contribution in [0.25, 0.3) is 11.0 Å². The number of hydrogen-bond acceptors (Lipinski definition) is 3. The van der Waals surface area contributed by atoms with Gasteiger partial charge in [0.1, 0.15) is 5.58 Å². The van der Waals surface area contributed by atoms with Crippen LogP contribution < -0.4 is 5.32 Å². The van der Waals surface area contributed by atoms with Gasteiger partial charge in [0.2, 0.25) is 0 Å². The smallest absolute Gasteiger partial charge is 0.287 e. The van der Waals surface area contributed by atoms with Crippen LogP contribution in [0.15, 0.2) is 58.6 Å². The van der Waals surface area contributed by atoms with Crippen LogP contribution >= 0.6 is 0 Å². The summed E-state index contributed by atoms with van der Waals surface area (Å²) in [7, 11) is 0. The summed E-state index contributed by atoms with van der Waals surface area (Å²) < 4.78 is 5.77. The Balaban J connectivity index is 1.53. The molecule has 3 aliphatic rings. The highest BCUT2D eigenvalue weighted by Gasteiger charge is 2.43. The molecule has 3 fully saturated rings. The molecule has 4 nitrogen and oxygen atoms in total. The van der Waals surface area contributed by atoms with E-state index in [0.717, 1.165) is 30.5 Å². The molecule has 0 radical (unpaired) electrons. The van der Waals surface area contributed by atoms with E-state index in [0.29, 0.717) is 17.7 Å². The average molecular weight is 364 g/mol. The number of rotatable bonds is 5. The van der Waals surface area contributed by atoms with Crippen molar-refractivity contribution in [3.63, 3.8) is 0 Å². The Morgan fingerprint density at radius 3 is 2.81 bits per heavy atom. The molecule has 0 unspecified atom stereocenters. The molecule has 4 heteroatoms. The molecule has 27 heavy (non-hydrogen) atoms. The maximum absolute atomic E-state index is 12.9. The summed E-state index contributed by atoms with van der Waals surface area (Å²) >= 11 is 0. The first-order valence-corrected chi connectivity index (χ1v) is 9.97. The van der Waals surface area contributed by atoms with Crippen molar-refractivity contribution in [1.82, 2.24) is 10.2 Å². The van der Waals surface area contributed by atoms with Gasteiger partial charge in [-0.15, -0.1) is 0 Å². The van der Waals surface area contributed by atoms with Gasteiger partial charge < -0.3 is 9.73 Å². The molecule has 142 valence electrons. The highest BCUT2D eigenvalue weighted by molar-refractivity contribution is 5.96. The standard InChI is InChI=1S/C23H28N2O2/c1-3-4-7-16(2)14-19-22(17-10-12-25(19)13-11-17)24-23(26)21-15-18-8-5-6-9-20(18)27-21/h3-9,15,17,19,22H,10-14H2,1-2H3,(H,24,26)/b4-3-,16-7+/t19-,22+/m0/s1. The van der Waals surface area contributed by atoms with E-state index < -0.39 is 0 Å². The molecule has 4 heterocycles. The Morgan fingerprint density at radius 2 is 2.07 bits per heavy atom. The van der Waals surface area contributed by atoms with Crippen LogP contribution in [0.4, 0.5) is 0 Å². The lowest BCUT2D eigenvalue weighted by Gasteiger charge is -2.51. The fourth-order valence-corrected chi connectivity index (χ4v) is 4.60. The van der Waals surface area contributed by atoms with Crippen LogP contribution in [0.1, 0.15) is 43.7 Å². The van der Waals surface area contributed by atoms with Gasteiger partial charge in [-0.05, 0) is 64.3 Å². The predicted octanol–water partition coefficient (Wildman–Crippen LogP) is 4.54. The fourth-order valence-electron chi connectivity index (χ4n) is 4.60. The minimum Gasteiger partial charge on any atom is -0.451 e. The maximum Gasteiger partial charge on any atom is 0.287 e. The molecule has 0 aliphatic carbocycles. The van der Waals surface area contributed by atoms with Crippen LogP contribution in [0.5, 0.6) is 0 Å². The van der Waals surface area contributed by atoms with Crippen molar-refractivity contribution >= 4 is 16.9 Å². The molecule has 3 aliphatic heterocycles. The number of carbonyl (C=O) groups is 1. The second kappa shape index (κ2) is 7.73. The SMILES string of the molecule is C/C=C\C=C(/C)C[C@H]1[C@H](NC(=O)c2cc3ccccc3o2)C2CCN1CC2. The third kappa shape index (κ3) is 3.72. The highest BCUT2D eigenvalue weighted by atomic mass is 16.3. The number of amides is 1. The van der Waals surface area contributed by atoms with Gasteiger partial charge in [0.05, 0.1) is 0 Å². The van der Waals surface area contributed by atoms with E-state index in [1.165, 1.54) is 18.4 Å². The van der Waals surface area contributed by atoms with Crippen molar-refractivity contribution in [3.8, 4) is 0 Å². The summed E-state index contributed by atoms with van der Waals surface area (Å²) in [6.45, 7) is 6.50. The van der Waals surface area contributed by atoms with Crippen LogP contribution in [-0.4, -0.2) is 36.0 Å². The Kier molecular flexibility index (Phi) is 5.17. The zero-order chi connectivity index (χ0) is 18.8. The Bertz CT molecular complexity index is 838. The van der Waals surface area contributed by atoms with Gasteiger partial charge in [0.25, 0.3) is 5.91 Å². The molecule has 2 aromatic rings. The number of benzene rings is 1. The topological polar surface area (TPSA) is 45.5 Å². The predicted molar refractivity (Wildman–Crippen MR) is 109 cm³/mol. The molecule has 5 rings (SSSR count). The monoisotopic (exact) mass is 364 g/mol. The third-order valence-corrected chi connectivity index (χ3v) is 6.02. The van der Waals surface area contributed by atoms with Gasteiger partial charge >= 0.3 is 0 Å². The number of nitrogens with zero attached hydrogens (tertiary/aromatic N) is 1. The van der Waals surface area contributed by atoms with E-state index in [1.807, 2.05) is 37.3 Å². The zero-order valence-electron chi connectivity index (χ0n) is 16.2. The molecule has 1 amide bonds. The van der Waals surface area contributed by atoms with Gasteiger partial charge in [0.15, 0.2) is 5.76 Å². The number of carbonyl (C=O) groups excluding carboxylic acids is 1. The Labute approximate surface area is 160 Å². The molecule has 1 aromatic heterocycles. The first-order valence-electron chi connectivity index (χ1n) is 9.97. The third-order valence-electron chi connectivity index (χ3n) is 6.02. The summed E-state index contributed by atoms with van der Waals surface area (Å²) in [4.78, 5) is 15.5. The minimum absolute atomic E-state index is 0.0926. The quantitative estimate of drug-likeness (QED) is 0.793. The number of nitrogens with one attached hydrogen (secondary N) is 1. The fraction of sp³-hybridized carbons (Fsp3) is 0.435. The summed E-state index contributed by atoms with van der Waals surface area (Å²) in [5.74, 6) is 0.875. The van der Waals surface area contributed by atoms with Crippen molar-refractivity contribution in [2.75, 3.05) is 13.1 Å².